The number of likely N-dealkylation sites (tertiary alicyclic amines) is 1. The number of halogens is 2. The monoisotopic (exact) mass is 783 g/mol. The van der Waals surface area contributed by atoms with Crippen molar-refractivity contribution in [3.05, 3.63) is 136 Å². The van der Waals surface area contributed by atoms with E-state index in [9.17, 15) is 22.9 Å². The van der Waals surface area contributed by atoms with Gasteiger partial charge in [-0.2, -0.15) is 9.57 Å². The fourth-order valence-electron chi connectivity index (χ4n) is 6.46. The number of carbonyl (C=O) groups excluding carboxylic acids is 1. The van der Waals surface area contributed by atoms with Gasteiger partial charge < -0.3 is 24.4 Å². The third kappa shape index (κ3) is 8.84. The molecule has 1 aliphatic rings. The number of ether oxygens (including phenoxy) is 3. The number of nitrogens with zero attached hydrogens (tertiary/aromatic N) is 4. The minimum absolute atomic E-state index is 0.0211. The zero-order valence-corrected chi connectivity index (χ0v) is 32.0. The Morgan fingerprint density at radius 3 is 1.96 bits per heavy atom. The van der Waals surface area contributed by atoms with E-state index in [1.807, 2.05) is 0 Å². The fraction of sp³-hybridized carbons (Fsp3) is 0.244. The molecule has 1 N–H and O–H groups in total. The van der Waals surface area contributed by atoms with E-state index in [1.54, 1.807) is 98.0 Å². The number of sulfonamides is 1. The van der Waals surface area contributed by atoms with Crippen LogP contribution in [0.5, 0.6) is 17.2 Å². The highest BCUT2D eigenvalue weighted by Gasteiger charge is 2.34. The van der Waals surface area contributed by atoms with Crippen LogP contribution < -0.4 is 19.5 Å². The molecule has 0 radical (unpaired) electrons. The zero-order chi connectivity index (χ0) is 39.1. The molecule has 0 unspecified atom stereocenters. The van der Waals surface area contributed by atoms with E-state index in [0.29, 0.717) is 54.3 Å². The molecule has 4 aromatic carbocycles. The van der Waals surface area contributed by atoms with Crippen LogP contribution in [-0.4, -0.2) is 62.9 Å². The van der Waals surface area contributed by atoms with E-state index in [0.717, 1.165) is 5.56 Å². The van der Waals surface area contributed by atoms with Crippen LogP contribution in [-0.2, 0) is 23.1 Å². The summed E-state index contributed by atoms with van der Waals surface area (Å²) >= 11 is 7.07. The second kappa shape index (κ2) is 17.2. The smallest absolute Gasteiger partial charge is 0.262 e. The van der Waals surface area contributed by atoms with Gasteiger partial charge in [-0.05, 0) is 84.0 Å². The second-order valence-electron chi connectivity index (χ2n) is 12.9. The van der Waals surface area contributed by atoms with Gasteiger partial charge in [0.05, 0.1) is 43.8 Å². The van der Waals surface area contributed by atoms with Gasteiger partial charge >= 0.3 is 0 Å². The summed E-state index contributed by atoms with van der Waals surface area (Å²) in [4.78, 5) is 20.3. The van der Waals surface area contributed by atoms with E-state index in [2.05, 4.69) is 16.4 Å². The highest BCUT2D eigenvalue weighted by molar-refractivity contribution is 7.89. The molecule has 55 heavy (non-hydrogen) atoms. The van der Waals surface area contributed by atoms with Crippen molar-refractivity contribution < 1.29 is 31.8 Å². The lowest BCUT2D eigenvalue weighted by Crippen LogP contribution is -2.38. The van der Waals surface area contributed by atoms with Crippen molar-refractivity contribution in [2.24, 2.45) is 0 Å². The Kier molecular flexibility index (Phi) is 12.2. The van der Waals surface area contributed by atoms with Crippen molar-refractivity contribution in [1.82, 2.24) is 14.2 Å². The third-order valence-electron chi connectivity index (χ3n) is 9.57. The van der Waals surface area contributed by atoms with Gasteiger partial charge in [0.25, 0.3) is 15.9 Å². The molecule has 0 aliphatic carbocycles. The minimum atomic E-state index is -4.46. The van der Waals surface area contributed by atoms with E-state index in [-0.39, 0.29) is 52.3 Å². The summed E-state index contributed by atoms with van der Waals surface area (Å²) in [5, 5.41) is 12.3. The predicted molar refractivity (Wildman–Crippen MR) is 207 cm³/mol. The highest BCUT2D eigenvalue weighted by atomic mass is 35.5. The first kappa shape index (κ1) is 39.0. The summed E-state index contributed by atoms with van der Waals surface area (Å²) in [6.07, 6.45) is 2.47. The molecule has 0 saturated carbocycles. The lowest BCUT2D eigenvalue weighted by molar-refractivity contribution is 0.0713. The maximum atomic E-state index is 14.7. The predicted octanol–water partition coefficient (Wildman–Crippen LogP) is 7.93. The van der Waals surface area contributed by atoms with Gasteiger partial charge in [0.2, 0.25) is 0 Å². The van der Waals surface area contributed by atoms with Crippen LogP contribution in [0.2, 0.25) is 5.02 Å². The Hall–Kier alpha value is -5.68. The average Bonchev–Trinajstić information content (AvgIpc) is 3.21. The number of carbonyl (C=O) groups is 1. The van der Waals surface area contributed by atoms with Crippen molar-refractivity contribution in [3.8, 4) is 23.3 Å². The maximum Gasteiger partial charge on any atom is 0.262 e. The molecule has 14 heteroatoms. The van der Waals surface area contributed by atoms with Crippen molar-refractivity contribution in [3.63, 3.8) is 0 Å². The molecule has 0 atom stereocenters. The first-order valence-corrected chi connectivity index (χ1v) is 19.2. The summed E-state index contributed by atoms with van der Waals surface area (Å²) in [5.41, 5.74) is 2.79. The Balaban J connectivity index is 1.40. The Morgan fingerprint density at radius 2 is 1.44 bits per heavy atom. The summed E-state index contributed by atoms with van der Waals surface area (Å²) in [6, 6.07) is 27.2. The van der Waals surface area contributed by atoms with Gasteiger partial charge in [-0.1, -0.05) is 48.0 Å². The molecule has 0 spiro atoms. The number of anilines is 2. The number of methoxy groups -OCH3 is 3. The molecular weight excluding hydrogens is 745 g/mol. The SMILES string of the molecule is COc1ccc(CN(Cc2ccc(OC)cc2)S(=O)(=O)c2ncc(C(=O)N3CCC(c4ccc(F)cc4)CC3)c(Nc3cc(OC)ccc3C#N)c2Cl)cc1. The molecule has 6 rings (SSSR count). The van der Waals surface area contributed by atoms with Gasteiger partial charge in [-0.15, -0.1) is 0 Å². The number of nitriles is 1. The molecule has 0 bridgehead atoms. The molecule has 1 fully saturated rings. The number of aromatic nitrogens is 1. The van der Waals surface area contributed by atoms with Gasteiger partial charge in [-0.3, -0.25) is 4.79 Å². The number of pyridine rings is 1. The Labute approximate surface area is 324 Å². The van der Waals surface area contributed by atoms with E-state index < -0.39 is 21.0 Å². The molecule has 1 aromatic heterocycles. The van der Waals surface area contributed by atoms with E-state index >= 15 is 0 Å². The van der Waals surface area contributed by atoms with Crippen LogP contribution in [0.15, 0.2) is 102 Å². The lowest BCUT2D eigenvalue weighted by atomic mass is 9.89. The van der Waals surface area contributed by atoms with Crippen LogP contribution in [0.1, 0.15) is 51.4 Å². The number of benzene rings is 4. The summed E-state index contributed by atoms with van der Waals surface area (Å²) in [7, 11) is 0.0993. The van der Waals surface area contributed by atoms with Crippen LogP contribution in [0.25, 0.3) is 0 Å². The molecule has 1 saturated heterocycles. The number of hydrogen-bond acceptors (Lipinski definition) is 9. The van der Waals surface area contributed by atoms with Crippen molar-refractivity contribution in [2.75, 3.05) is 39.7 Å². The van der Waals surface area contributed by atoms with Crippen LogP contribution in [0.4, 0.5) is 15.8 Å². The van der Waals surface area contributed by atoms with Gasteiger partial charge in [0.15, 0.2) is 5.03 Å². The van der Waals surface area contributed by atoms with Crippen molar-refractivity contribution >= 4 is 38.9 Å². The topological polar surface area (TPSA) is 134 Å². The molecule has 5 aromatic rings. The number of nitrogens with one attached hydrogen (secondary N) is 1. The second-order valence-corrected chi connectivity index (χ2v) is 15.1. The first-order chi connectivity index (χ1) is 26.5. The summed E-state index contributed by atoms with van der Waals surface area (Å²) in [5.74, 6) is 1.04. The number of amides is 1. The van der Waals surface area contributed by atoms with Crippen molar-refractivity contribution in [1.29, 1.82) is 5.26 Å². The van der Waals surface area contributed by atoms with E-state index in [4.69, 9.17) is 25.8 Å². The van der Waals surface area contributed by atoms with Crippen molar-refractivity contribution in [2.45, 2.75) is 36.9 Å². The van der Waals surface area contributed by atoms with Gasteiger partial charge in [-0.25, -0.2) is 17.8 Å². The maximum absolute atomic E-state index is 14.7. The zero-order valence-electron chi connectivity index (χ0n) is 30.5. The Morgan fingerprint density at radius 1 is 0.891 bits per heavy atom. The molecule has 2 heterocycles. The standard InChI is InChI=1S/C41H39ClFN5O6S/c1-52-33-13-4-27(5-14-33)25-48(26-28-6-15-34(53-2)16-7-28)55(50,51)40-38(42)39(46-37-22-35(54-3)17-10-31(37)23-44)36(24-45-40)41(49)47-20-18-30(19-21-47)29-8-11-32(43)12-9-29/h4-17,22,24,30H,18-21,25-26H2,1-3H3,(H,45,46). The number of hydrogen-bond donors (Lipinski definition) is 1. The third-order valence-corrected chi connectivity index (χ3v) is 11.8. The molecule has 1 amide bonds. The Bertz CT molecular complexity index is 2250. The summed E-state index contributed by atoms with van der Waals surface area (Å²) in [6.45, 7) is 0.685. The van der Waals surface area contributed by atoms with Crippen LogP contribution in [0.3, 0.4) is 0 Å². The number of rotatable bonds is 13. The summed E-state index contributed by atoms with van der Waals surface area (Å²) < 4.78 is 60.2. The quantitative estimate of drug-likeness (QED) is 0.126. The van der Waals surface area contributed by atoms with Gasteiger partial charge in [0.1, 0.15) is 34.2 Å². The largest absolute Gasteiger partial charge is 0.497 e. The first-order valence-electron chi connectivity index (χ1n) is 17.4. The normalized spacial score (nSPS) is 13.3. The molecule has 284 valence electrons. The van der Waals surface area contributed by atoms with E-state index in [1.165, 1.54) is 29.7 Å². The highest BCUT2D eigenvalue weighted by Crippen LogP contribution is 2.38. The fourth-order valence-corrected chi connectivity index (χ4v) is 8.35. The van der Waals surface area contributed by atoms with Crippen LogP contribution in [0, 0.1) is 17.1 Å². The van der Waals surface area contributed by atoms with Crippen LogP contribution >= 0.6 is 11.6 Å². The molecule has 11 nitrogen and oxygen atoms in total. The molecule has 1 aliphatic heterocycles. The average molecular weight is 784 g/mol. The van der Waals surface area contributed by atoms with Gasteiger partial charge in [0, 0.05) is 38.4 Å². The number of piperidine rings is 1. The lowest BCUT2D eigenvalue weighted by Gasteiger charge is -2.33. The minimum Gasteiger partial charge on any atom is -0.497 e. The molecular formula is C41H39ClFN5O6S.